The smallest absolute Gasteiger partial charge is 0.277 e. The van der Waals surface area contributed by atoms with Gasteiger partial charge in [-0.3, -0.25) is 0 Å². The standard InChI is InChI=1S/C14H17N5O2S2/c1-7(2)5-11-16-10(19-21-11)6-22-14-18-17-13(20-14)12-8(3)15-9(4)23-12/h7H,5-6H2,1-4H3. The second kappa shape index (κ2) is 6.79. The van der Waals surface area contributed by atoms with E-state index in [1.807, 2.05) is 13.8 Å². The van der Waals surface area contributed by atoms with Crippen LogP contribution < -0.4 is 0 Å². The number of hydrogen-bond acceptors (Lipinski definition) is 9. The van der Waals surface area contributed by atoms with Crippen LogP contribution in [0.4, 0.5) is 0 Å². The Hall–Kier alpha value is -1.74. The van der Waals surface area contributed by atoms with Gasteiger partial charge in [-0.15, -0.1) is 21.5 Å². The second-order valence-electron chi connectivity index (χ2n) is 5.51. The summed E-state index contributed by atoms with van der Waals surface area (Å²) >= 11 is 2.94. The van der Waals surface area contributed by atoms with E-state index in [2.05, 4.69) is 39.2 Å². The maximum absolute atomic E-state index is 5.68. The average Bonchev–Trinajstić information content (AvgIpc) is 3.16. The lowest BCUT2D eigenvalue weighted by molar-refractivity contribution is 0.360. The maximum Gasteiger partial charge on any atom is 0.277 e. The largest absolute Gasteiger partial charge is 0.410 e. The Bertz CT molecular complexity index is 793. The number of rotatable bonds is 6. The number of aromatic nitrogens is 5. The van der Waals surface area contributed by atoms with E-state index in [1.165, 1.54) is 11.8 Å². The lowest BCUT2D eigenvalue weighted by Crippen LogP contribution is -1.94. The molecular formula is C14H17N5O2S2. The molecule has 7 nitrogen and oxygen atoms in total. The highest BCUT2D eigenvalue weighted by Crippen LogP contribution is 2.31. The van der Waals surface area contributed by atoms with Gasteiger partial charge < -0.3 is 8.94 Å². The van der Waals surface area contributed by atoms with E-state index >= 15 is 0 Å². The van der Waals surface area contributed by atoms with Crippen LogP contribution in [0.1, 0.15) is 36.3 Å². The van der Waals surface area contributed by atoms with Crippen LogP contribution in [0, 0.1) is 19.8 Å². The summed E-state index contributed by atoms with van der Waals surface area (Å²) < 4.78 is 10.9. The van der Waals surface area contributed by atoms with Gasteiger partial charge in [0.05, 0.1) is 16.5 Å². The minimum Gasteiger partial charge on any atom is -0.410 e. The van der Waals surface area contributed by atoms with Crippen molar-refractivity contribution in [1.82, 2.24) is 25.3 Å². The molecule has 0 amide bonds. The SMILES string of the molecule is Cc1nc(C)c(-c2nnc(SCc3noc(CC(C)C)n3)o2)s1. The molecule has 0 spiro atoms. The highest BCUT2D eigenvalue weighted by Gasteiger charge is 2.16. The minimum atomic E-state index is 0.487. The topological polar surface area (TPSA) is 90.7 Å². The van der Waals surface area contributed by atoms with Crippen molar-refractivity contribution in [2.45, 2.75) is 45.1 Å². The van der Waals surface area contributed by atoms with Gasteiger partial charge in [-0.2, -0.15) is 4.98 Å². The molecule has 0 aliphatic heterocycles. The van der Waals surface area contributed by atoms with E-state index < -0.39 is 0 Å². The molecule has 122 valence electrons. The van der Waals surface area contributed by atoms with Gasteiger partial charge in [0.2, 0.25) is 5.89 Å². The molecule has 3 heterocycles. The summed E-state index contributed by atoms with van der Waals surface area (Å²) in [4.78, 5) is 9.64. The molecule has 3 rings (SSSR count). The Morgan fingerprint density at radius 1 is 1.17 bits per heavy atom. The van der Waals surface area contributed by atoms with Crippen LogP contribution in [0.25, 0.3) is 10.8 Å². The van der Waals surface area contributed by atoms with Crippen LogP contribution in [0.2, 0.25) is 0 Å². The monoisotopic (exact) mass is 351 g/mol. The summed E-state index contributed by atoms with van der Waals surface area (Å²) in [5.41, 5.74) is 0.907. The van der Waals surface area contributed by atoms with Crippen LogP contribution >= 0.6 is 23.1 Å². The first-order valence-electron chi connectivity index (χ1n) is 7.23. The van der Waals surface area contributed by atoms with Crippen molar-refractivity contribution in [3.8, 4) is 10.8 Å². The van der Waals surface area contributed by atoms with E-state index in [-0.39, 0.29) is 0 Å². The van der Waals surface area contributed by atoms with Gasteiger partial charge in [-0.1, -0.05) is 30.8 Å². The lowest BCUT2D eigenvalue weighted by Gasteiger charge is -1.95. The van der Waals surface area contributed by atoms with Crippen molar-refractivity contribution >= 4 is 23.1 Å². The van der Waals surface area contributed by atoms with E-state index in [1.54, 1.807) is 11.3 Å². The predicted octanol–water partition coefficient (Wildman–Crippen LogP) is 3.68. The third-order valence-corrected chi connectivity index (χ3v) is 4.80. The third-order valence-electron chi connectivity index (χ3n) is 2.92. The summed E-state index contributed by atoms with van der Waals surface area (Å²) in [6.07, 6.45) is 0.784. The highest BCUT2D eigenvalue weighted by molar-refractivity contribution is 7.98. The number of nitrogens with zero attached hydrogens (tertiary/aromatic N) is 5. The zero-order valence-corrected chi connectivity index (χ0v) is 15.0. The van der Waals surface area contributed by atoms with E-state index in [4.69, 9.17) is 8.94 Å². The molecule has 0 radical (unpaired) electrons. The number of thioether (sulfide) groups is 1. The van der Waals surface area contributed by atoms with E-state index in [0.29, 0.717) is 34.5 Å². The molecule has 0 N–H and O–H groups in total. The summed E-state index contributed by atoms with van der Waals surface area (Å²) in [6.45, 7) is 8.12. The molecule has 0 aromatic carbocycles. The number of thiazole rings is 1. The molecule has 9 heteroatoms. The van der Waals surface area contributed by atoms with Gasteiger partial charge in [0, 0.05) is 6.42 Å². The van der Waals surface area contributed by atoms with Gasteiger partial charge in [0.15, 0.2) is 5.82 Å². The fourth-order valence-corrected chi connectivity index (χ4v) is 3.44. The Balaban J connectivity index is 1.63. The molecule has 0 saturated carbocycles. The summed E-state index contributed by atoms with van der Waals surface area (Å²) in [5, 5.41) is 13.6. The molecular weight excluding hydrogens is 334 g/mol. The molecule has 0 fully saturated rings. The summed E-state index contributed by atoms with van der Waals surface area (Å²) in [7, 11) is 0. The fourth-order valence-electron chi connectivity index (χ4n) is 2.00. The molecule has 0 aliphatic carbocycles. The van der Waals surface area contributed by atoms with Crippen LogP contribution in [-0.4, -0.2) is 25.3 Å². The van der Waals surface area contributed by atoms with Crippen LogP contribution in [0.5, 0.6) is 0 Å². The Morgan fingerprint density at radius 3 is 2.70 bits per heavy atom. The van der Waals surface area contributed by atoms with Crippen molar-refractivity contribution < 1.29 is 8.94 Å². The number of aryl methyl sites for hydroxylation is 2. The van der Waals surface area contributed by atoms with Gasteiger partial charge in [0.1, 0.15) is 4.88 Å². The van der Waals surface area contributed by atoms with Crippen LogP contribution in [-0.2, 0) is 12.2 Å². The summed E-state index contributed by atoms with van der Waals surface area (Å²) in [5.74, 6) is 2.82. The molecule has 3 aromatic rings. The van der Waals surface area contributed by atoms with Gasteiger partial charge in [0.25, 0.3) is 11.1 Å². The first kappa shape index (κ1) is 16.1. The van der Waals surface area contributed by atoms with Crippen molar-refractivity contribution in [3.05, 3.63) is 22.4 Å². The van der Waals surface area contributed by atoms with Crippen molar-refractivity contribution in [2.75, 3.05) is 0 Å². The molecule has 0 atom stereocenters. The number of hydrogen-bond donors (Lipinski definition) is 0. The lowest BCUT2D eigenvalue weighted by atomic mass is 10.1. The minimum absolute atomic E-state index is 0.487. The molecule has 23 heavy (non-hydrogen) atoms. The maximum atomic E-state index is 5.68. The van der Waals surface area contributed by atoms with Gasteiger partial charge >= 0.3 is 0 Å². The van der Waals surface area contributed by atoms with Gasteiger partial charge in [-0.25, -0.2) is 4.98 Å². The first-order chi connectivity index (χ1) is 11.0. The predicted molar refractivity (Wildman–Crippen MR) is 87.3 cm³/mol. The molecule has 0 bridgehead atoms. The van der Waals surface area contributed by atoms with Crippen LogP contribution in [0.15, 0.2) is 14.2 Å². The van der Waals surface area contributed by atoms with Crippen molar-refractivity contribution in [1.29, 1.82) is 0 Å². The molecule has 3 aromatic heterocycles. The Morgan fingerprint density at radius 2 is 2.00 bits per heavy atom. The third kappa shape index (κ3) is 3.97. The second-order valence-corrected chi connectivity index (χ2v) is 7.64. The summed E-state index contributed by atoms with van der Waals surface area (Å²) in [6, 6.07) is 0. The van der Waals surface area contributed by atoms with Gasteiger partial charge in [-0.05, 0) is 19.8 Å². The van der Waals surface area contributed by atoms with E-state index in [9.17, 15) is 0 Å². The van der Waals surface area contributed by atoms with Crippen molar-refractivity contribution in [3.63, 3.8) is 0 Å². The Labute approximate surface area is 141 Å². The Kier molecular flexibility index (Phi) is 4.76. The molecule has 0 aliphatic rings. The van der Waals surface area contributed by atoms with Crippen LogP contribution in [0.3, 0.4) is 0 Å². The molecule has 0 saturated heterocycles. The van der Waals surface area contributed by atoms with Crippen molar-refractivity contribution in [2.24, 2.45) is 5.92 Å². The zero-order valence-electron chi connectivity index (χ0n) is 13.4. The fraction of sp³-hybridized carbons (Fsp3) is 0.500. The molecule has 0 unspecified atom stereocenters. The average molecular weight is 351 g/mol. The normalized spacial score (nSPS) is 11.5. The van der Waals surface area contributed by atoms with E-state index in [0.717, 1.165) is 22.0 Å². The first-order valence-corrected chi connectivity index (χ1v) is 9.03. The zero-order chi connectivity index (χ0) is 16.4. The highest BCUT2D eigenvalue weighted by atomic mass is 32.2. The quantitative estimate of drug-likeness (QED) is 0.621.